The van der Waals surface area contributed by atoms with Crippen molar-refractivity contribution in [2.45, 2.75) is 19.1 Å². The molecule has 17 heavy (non-hydrogen) atoms. The summed E-state index contributed by atoms with van der Waals surface area (Å²) in [5.41, 5.74) is 0.775. The van der Waals surface area contributed by atoms with Crippen molar-refractivity contribution in [3.63, 3.8) is 0 Å². The summed E-state index contributed by atoms with van der Waals surface area (Å²) in [5, 5.41) is 19.7. The smallest absolute Gasteiger partial charge is 0.413 e. The van der Waals surface area contributed by atoms with Crippen molar-refractivity contribution < 1.29 is 19.9 Å². The van der Waals surface area contributed by atoms with E-state index in [9.17, 15) is 9.59 Å². The molecule has 6 nitrogen and oxygen atoms in total. The fourth-order valence-electron chi connectivity index (χ4n) is 0.448. The molecule has 2 N–H and O–H groups in total. The van der Waals surface area contributed by atoms with E-state index in [1.165, 1.54) is 0 Å². The van der Waals surface area contributed by atoms with Crippen molar-refractivity contribution in [1.82, 2.24) is 4.90 Å². The first-order chi connectivity index (χ1) is 7.81. The van der Waals surface area contributed by atoms with E-state index in [1.807, 2.05) is 13.2 Å². The van der Waals surface area contributed by atoms with Crippen LogP contribution < -0.4 is 0 Å². The van der Waals surface area contributed by atoms with Crippen LogP contribution in [-0.2, 0) is 4.79 Å². The van der Waals surface area contributed by atoms with E-state index in [0.717, 1.165) is 12.8 Å². The number of nitrogens with zero attached hydrogens (tertiary/aromatic N) is 2. The number of carbonyl (C=O) groups excluding carboxylic acids is 1. The topological polar surface area (TPSA) is 90.2 Å². The minimum Gasteiger partial charge on any atom is -0.465 e. The molecule has 0 aromatic rings. The Kier molecular flexibility index (Phi) is 11.1. The monoisotopic (exact) mass is 284 g/mol. The molecule has 0 fully saturated rings. The molecule has 2 amide bonds. The highest BCUT2D eigenvalue weighted by Gasteiger charge is 2.12. The van der Waals surface area contributed by atoms with E-state index in [1.54, 1.807) is 18.7 Å². The number of rotatable bonds is 3. The van der Waals surface area contributed by atoms with Crippen LogP contribution >= 0.6 is 23.4 Å². The fraction of sp³-hybridized carbons (Fsp3) is 0.667. The van der Waals surface area contributed by atoms with Gasteiger partial charge in [0.1, 0.15) is 5.88 Å². The normalized spacial score (nSPS) is 12.2. The summed E-state index contributed by atoms with van der Waals surface area (Å²) in [5.74, 6) is -0.924. The van der Waals surface area contributed by atoms with Crippen LogP contribution in [0.3, 0.4) is 0 Å². The van der Waals surface area contributed by atoms with Crippen LogP contribution in [0.1, 0.15) is 13.8 Å². The van der Waals surface area contributed by atoms with Gasteiger partial charge in [0.15, 0.2) is 0 Å². The summed E-state index contributed by atoms with van der Waals surface area (Å²) in [7, 11) is 1.15. The van der Waals surface area contributed by atoms with Crippen molar-refractivity contribution in [3.05, 3.63) is 0 Å². The second-order valence-electron chi connectivity index (χ2n) is 2.99. The Morgan fingerprint density at radius 3 is 2.12 bits per heavy atom. The molecule has 0 bridgehead atoms. The lowest BCUT2D eigenvalue weighted by Crippen LogP contribution is -2.32. The first kappa shape index (κ1) is 18.4. The number of halogens is 1. The van der Waals surface area contributed by atoms with Gasteiger partial charge in [0.25, 0.3) is 0 Å². The number of carbonyl (C=O) groups is 2. The van der Waals surface area contributed by atoms with E-state index < -0.39 is 12.0 Å². The maximum atomic E-state index is 10.4. The molecule has 1 atom stereocenters. The van der Waals surface area contributed by atoms with Gasteiger partial charge in [0.2, 0.25) is 5.91 Å². The number of oxime groups is 1. The number of amides is 2. The molecule has 0 aromatic carbocycles. The molecular formula is C9H17ClN2O4S. The molecule has 8 heteroatoms. The van der Waals surface area contributed by atoms with Crippen LogP contribution in [0.4, 0.5) is 4.79 Å². The summed E-state index contributed by atoms with van der Waals surface area (Å²) in [6.45, 7) is 3.81. The van der Waals surface area contributed by atoms with Crippen LogP contribution in [0.15, 0.2) is 5.16 Å². The minimum absolute atomic E-state index is 0.303. The van der Waals surface area contributed by atoms with E-state index >= 15 is 0 Å². The van der Waals surface area contributed by atoms with E-state index in [2.05, 4.69) is 5.16 Å². The highest BCUT2D eigenvalue weighted by Crippen LogP contribution is 2.05. The highest BCUT2D eigenvalue weighted by atomic mass is 35.5. The number of hydrogen-bond donors (Lipinski definition) is 2. The molecule has 1 unspecified atom stereocenters. The third-order valence-electron chi connectivity index (χ3n) is 1.87. The Morgan fingerprint density at radius 1 is 1.53 bits per heavy atom. The molecule has 0 aromatic heterocycles. The van der Waals surface area contributed by atoms with Crippen LogP contribution in [-0.4, -0.2) is 57.4 Å². The second-order valence-corrected chi connectivity index (χ2v) is 4.43. The molecular weight excluding hydrogens is 268 g/mol. The summed E-state index contributed by atoms with van der Waals surface area (Å²) in [6.07, 6.45) is 0.694. The average molecular weight is 285 g/mol. The Hall–Kier alpha value is -0.950. The van der Waals surface area contributed by atoms with Crippen molar-refractivity contribution in [2.75, 3.05) is 19.2 Å². The van der Waals surface area contributed by atoms with Gasteiger partial charge in [-0.25, -0.2) is 9.69 Å². The molecule has 0 aliphatic rings. The third-order valence-corrected chi connectivity index (χ3v) is 3.15. The SMILES string of the molecule is CN(C(=O)O)C(=O)CCl.CSC(C)C(C)=NO. The number of imide groups is 1. The van der Waals surface area contributed by atoms with Gasteiger partial charge < -0.3 is 10.3 Å². The molecule has 0 heterocycles. The van der Waals surface area contributed by atoms with Gasteiger partial charge in [-0.3, -0.25) is 4.79 Å². The molecule has 0 rings (SSSR count). The van der Waals surface area contributed by atoms with Crippen LogP contribution in [0, 0.1) is 0 Å². The fourth-order valence-corrected chi connectivity index (χ4v) is 1.02. The number of carboxylic acid groups (broad SMARTS) is 1. The molecule has 100 valence electrons. The zero-order valence-corrected chi connectivity index (χ0v) is 11.7. The van der Waals surface area contributed by atoms with Crippen LogP contribution in [0.5, 0.6) is 0 Å². The van der Waals surface area contributed by atoms with E-state index in [-0.39, 0.29) is 5.88 Å². The number of thioether (sulfide) groups is 1. The maximum Gasteiger partial charge on any atom is 0.413 e. The standard InChI is InChI=1S/C5H11NOS.C4H6ClNO3/c1-4(6-7)5(2)8-3;1-6(4(8)9)3(7)2-5/h5,7H,1-3H3;2H2,1H3,(H,8,9). The van der Waals surface area contributed by atoms with Gasteiger partial charge in [-0.2, -0.15) is 11.8 Å². The zero-order valence-electron chi connectivity index (χ0n) is 10.2. The summed E-state index contributed by atoms with van der Waals surface area (Å²) < 4.78 is 0. The molecule has 0 saturated carbocycles. The van der Waals surface area contributed by atoms with Crippen LogP contribution in [0.2, 0.25) is 0 Å². The maximum absolute atomic E-state index is 10.4. The van der Waals surface area contributed by atoms with Crippen molar-refractivity contribution in [2.24, 2.45) is 5.16 Å². The largest absolute Gasteiger partial charge is 0.465 e. The highest BCUT2D eigenvalue weighted by molar-refractivity contribution is 7.99. The van der Waals surface area contributed by atoms with Gasteiger partial charge in [-0.05, 0) is 20.1 Å². The quantitative estimate of drug-likeness (QED) is 0.358. The third kappa shape index (κ3) is 8.82. The Bertz CT molecular complexity index is 286. The van der Waals surface area contributed by atoms with Gasteiger partial charge in [-0.15, -0.1) is 11.6 Å². The lowest BCUT2D eigenvalue weighted by molar-refractivity contribution is -0.125. The first-order valence-electron chi connectivity index (χ1n) is 4.58. The van der Waals surface area contributed by atoms with Crippen molar-refractivity contribution in [3.8, 4) is 0 Å². The molecule has 0 spiro atoms. The molecule has 0 aliphatic heterocycles. The molecule has 0 radical (unpaired) electrons. The predicted octanol–water partition coefficient (Wildman–Crippen LogP) is 1.95. The van der Waals surface area contributed by atoms with Crippen LogP contribution in [0.25, 0.3) is 0 Å². The van der Waals surface area contributed by atoms with Gasteiger partial charge >= 0.3 is 6.09 Å². The zero-order chi connectivity index (χ0) is 14.0. The van der Waals surface area contributed by atoms with E-state index in [0.29, 0.717) is 10.1 Å². The lowest BCUT2D eigenvalue weighted by atomic mass is 10.3. The predicted molar refractivity (Wildman–Crippen MR) is 69.4 cm³/mol. The Morgan fingerprint density at radius 2 is 2.00 bits per heavy atom. The van der Waals surface area contributed by atoms with Gasteiger partial charge in [0.05, 0.1) is 5.71 Å². The Labute approximate surface area is 110 Å². The minimum atomic E-state index is -1.29. The molecule has 0 aliphatic carbocycles. The number of alkyl halides is 1. The average Bonchev–Trinajstić information content (AvgIpc) is 2.35. The first-order valence-corrected chi connectivity index (χ1v) is 6.40. The molecule has 0 saturated heterocycles. The second kappa shape index (κ2) is 10.2. The van der Waals surface area contributed by atoms with Crippen molar-refractivity contribution in [1.29, 1.82) is 0 Å². The van der Waals surface area contributed by atoms with Crippen molar-refractivity contribution >= 4 is 41.1 Å². The van der Waals surface area contributed by atoms with E-state index in [4.69, 9.17) is 21.9 Å². The lowest BCUT2D eigenvalue weighted by Gasteiger charge is -2.06. The summed E-state index contributed by atoms with van der Waals surface area (Å²) in [6, 6.07) is 0. The Balaban J connectivity index is 0. The van der Waals surface area contributed by atoms with Gasteiger partial charge in [-0.1, -0.05) is 5.16 Å². The summed E-state index contributed by atoms with van der Waals surface area (Å²) in [4.78, 5) is 20.8. The van der Waals surface area contributed by atoms with Gasteiger partial charge in [0, 0.05) is 12.3 Å². The summed E-state index contributed by atoms with van der Waals surface area (Å²) >= 11 is 6.70. The number of hydrogen-bond acceptors (Lipinski definition) is 5.